The van der Waals surface area contributed by atoms with E-state index in [1.165, 1.54) is 12.1 Å². The molecule has 2 aromatic heterocycles. The molecule has 3 rings (SSSR count). The maximum absolute atomic E-state index is 13.6. The molecular weight excluding hydrogens is 252 g/mol. The van der Waals surface area contributed by atoms with E-state index in [1.54, 1.807) is 6.07 Å². The fraction of sp³-hybridized carbons (Fsp3) is 0.0833. The van der Waals surface area contributed by atoms with Gasteiger partial charge in [-0.1, -0.05) is 17.3 Å². The predicted octanol–water partition coefficient (Wildman–Crippen LogP) is 1.80. The first-order chi connectivity index (χ1) is 9.15. The molecule has 2 heterocycles. The molecular formula is C12H9F2N5. The molecule has 0 amide bonds. The molecule has 0 atom stereocenters. The molecule has 96 valence electrons. The van der Waals surface area contributed by atoms with Crippen molar-refractivity contribution in [3.05, 3.63) is 47.0 Å². The van der Waals surface area contributed by atoms with Gasteiger partial charge in [-0.25, -0.2) is 18.9 Å². The van der Waals surface area contributed by atoms with Crippen molar-refractivity contribution in [3.8, 4) is 0 Å². The van der Waals surface area contributed by atoms with Gasteiger partial charge in [0.25, 0.3) is 0 Å². The standard InChI is InChI=1S/C12H9F2N5/c13-8-3-1-2-6(10(8)14)4-7-5-9(15)16-12-11(7)17-19-18-12/h1-3,5H,4H2,(H3,15,16,17,18,19). The number of hydrogen-bond donors (Lipinski definition) is 2. The van der Waals surface area contributed by atoms with Crippen LogP contribution in [0.15, 0.2) is 24.3 Å². The average Bonchev–Trinajstić information content (AvgIpc) is 2.83. The summed E-state index contributed by atoms with van der Waals surface area (Å²) in [5.74, 6) is -1.48. The molecule has 1 aromatic carbocycles. The number of aromatic amines is 1. The van der Waals surface area contributed by atoms with Crippen LogP contribution in [0.2, 0.25) is 0 Å². The molecule has 3 N–H and O–H groups in total. The normalized spacial score (nSPS) is 11.1. The van der Waals surface area contributed by atoms with Crippen molar-refractivity contribution in [1.82, 2.24) is 20.4 Å². The van der Waals surface area contributed by atoms with Crippen LogP contribution in [0.5, 0.6) is 0 Å². The van der Waals surface area contributed by atoms with E-state index in [4.69, 9.17) is 5.73 Å². The topological polar surface area (TPSA) is 80.5 Å². The van der Waals surface area contributed by atoms with Crippen molar-refractivity contribution in [2.75, 3.05) is 5.73 Å². The summed E-state index contributed by atoms with van der Waals surface area (Å²) in [6.45, 7) is 0. The first-order valence-corrected chi connectivity index (χ1v) is 5.54. The SMILES string of the molecule is Nc1cc(Cc2cccc(F)c2F)c2nn[nH]c2n1. The number of nitrogen functional groups attached to an aromatic ring is 1. The van der Waals surface area contributed by atoms with Crippen molar-refractivity contribution in [2.24, 2.45) is 0 Å². The summed E-state index contributed by atoms with van der Waals surface area (Å²) in [5, 5.41) is 10.1. The highest BCUT2D eigenvalue weighted by Gasteiger charge is 2.13. The molecule has 0 fully saturated rings. The smallest absolute Gasteiger partial charge is 0.178 e. The number of hydrogen-bond acceptors (Lipinski definition) is 4. The van der Waals surface area contributed by atoms with Crippen molar-refractivity contribution in [2.45, 2.75) is 6.42 Å². The molecule has 0 bridgehead atoms. The molecule has 0 saturated heterocycles. The molecule has 0 unspecified atom stereocenters. The Bertz CT molecular complexity index is 753. The molecule has 7 heteroatoms. The number of fused-ring (bicyclic) bond motifs is 1. The van der Waals surface area contributed by atoms with Crippen LogP contribution in [0.1, 0.15) is 11.1 Å². The Labute approximate surface area is 106 Å². The zero-order chi connectivity index (χ0) is 13.4. The van der Waals surface area contributed by atoms with Gasteiger partial charge in [0.15, 0.2) is 17.3 Å². The maximum Gasteiger partial charge on any atom is 0.178 e. The number of anilines is 1. The number of pyridine rings is 1. The summed E-state index contributed by atoms with van der Waals surface area (Å²) in [6, 6.07) is 5.62. The highest BCUT2D eigenvalue weighted by Crippen LogP contribution is 2.21. The lowest BCUT2D eigenvalue weighted by molar-refractivity contribution is 0.501. The van der Waals surface area contributed by atoms with E-state index in [9.17, 15) is 8.78 Å². The molecule has 5 nitrogen and oxygen atoms in total. The van der Waals surface area contributed by atoms with Gasteiger partial charge in [-0.05, 0) is 23.3 Å². The molecule has 0 aliphatic rings. The van der Waals surface area contributed by atoms with Crippen LogP contribution in [0, 0.1) is 11.6 Å². The number of nitrogens with one attached hydrogen (secondary N) is 1. The van der Waals surface area contributed by atoms with E-state index >= 15 is 0 Å². The van der Waals surface area contributed by atoms with Gasteiger partial charge in [-0.15, -0.1) is 5.10 Å². The van der Waals surface area contributed by atoms with Crippen LogP contribution in [-0.4, -0.2) is 20.4 Å². The van der Waals surface area contributed by atoms with Gasteiger partial charge in [-0.2, -0.15) is 0 Å². The van der Waals surface area contributed by atoms with Gasteiger partial charge >= 0.3 is 0 Å². The second-order valence-electron chi connectivity index (χ2n) is 4.10. The third kappa shape index (κ3) is 1.99. The minimum atomic E-state index is -0.879. The highest BCUT2D eigenvalue weighted by atomic mass is 19.2. The van der Waals surface area contributed by atoms with E-state index in [1.807, 2.05) is 0 Å². The van der Waals surface area contributed by atoms with Gasteiger partial charge < -0.3 is 5.73 Å². The minimum absolute atomic E-state index is 0.166. The summed E-state index contributed by atoms with van der Waals surface area (Å²) in [4.78, 5) is 4.01. The number of benzene rings is 1. The van der Waals surface area contributed by atoms with Crippen molar-refractivity contribution in [1.29, 1.82) is 0 Å². The van der Waals surface area contributed by atoms with Crippen molar-refractivity contribution >= 4 is 17.0 Å². The van der Waals surface area contributed by atoms with Crippen molar-refractivity contribution in [3.63, 3.8) is 0 Å². The number of rotatable bonds is 2. The van der Waals surface area contributed by atoms with E-state index in [-0.39, 0.29) is 17.8 Å². The fourth-order valence-corrected chi connectivity index (χ4v) is 1.95. The van der Waals surface area contributed by atoms with Gasteiger partial charge in [0.1, 0.15) is 11.3 Å². The lowest BCUT2D eigenvalue weighted by atomic mass is 10.0. The fourth-order valence-electron chi connectivity index (χ4n) is 1.95. The predicted molar refractivity (Wildman–Crippen MR) is 65.3 cm³/mol. The van der Waals surface area contributed by atoms with Crippen molar-refractivity contribution < 1.29 is 8.78 Å². The summed E-state index contributed by atoms with van der Waals surface area (Å²) < 4.78 is 26.8. The van der Waals surface area contributed by atoms with Crippen LogP contribution in [-0.2, 0) is 6.42 Å². The third-order valence-electron chi connectivity index (χ3n) is 2.81. The summed E-state index contributed by atoms with van der Waals surface area (Å²) in [7, 11) is 0. The molecule has 0 spiro atoms. The van der Waals surface area contributed by atoms with Crippen LogP contribution in [0.25, 0.3) is 11.2 Å². The lowest BCUT2D eigenvalue weighted by Gasteiger charge is -2.05. The van der Waals surface area contributed by atoms with Gasteiger partial charge in [0.2, 0.25) is 0 Å². The first kappa shape index (κ1) is 11.5. The monoisotopic (exact) mass is 261 g/mol. The molecule has 0 saturated carbocycles. The molecule has 0 aliphatic carbocycles. The number of nitrogens with two attached hydrogens (primary N) is 1. The Morgan fingerprint density at radius 2 is 2.05 bits per heavy atom. The van der Waals surface area contributed by atoms with Crippen LogP contribution >= 0.6 is 0 Å². The van der Waals surface area contributed by atoms with Crippen LogP contribution in [0.3, 0.4) is 0 Å². The Morgan fingerprint density at radius 1 is 1.21 bits per heavy atom. The number of aromatic nitrogens is 4. The Morgan fingerprint density at radius 3 is 2.89 bits per heavy atom. The zero-order valence-electron chi connectivity index (χ0n) is 9.69. The number of H-pyrrole nitrogens is 1. The van der Waals surface area contributed by atoms with E-state index in [0.29, 0.717) is 16.7 Å². The first-order valence-electron chi connectivity index (χ1n) is 5.54. The number of nitrogens with zero attached hydrogens (tertiary/aromatic N) is 3. The van der Waals surface area contributed by atoms with E-state index in [2.05, 4.69) is 20.4 Å². The van der Waals surface area contributed by atoms with Gasteiger partial charge in [0.05, 0.1) is 0 Å². The molecule has 19 heavy (non-hydrogen) atoms. The van der Waals surface area contributed by atoms with E-state index < -0.39 is 11.6 Å². The van der Waals surface area contributed by atoms with Crippen LogP contribution < -0.4 is 5.73 Å². The molecule has 0 aliphatic heterocycles. The Hall–Kier alpha value is -2.57. The maximum atomic E-state index is 13.6. The zero-order valence-corrected chi connectivity index (χ0v) is 9.69. The average molecular weight is 261 g/mol. The van der Waals surface area contributed by atoms with Crippen LogP contribution in [0.4, 0.5) is 14.6 Å². The Kier molecular flexibility index (Phi) is 2.59. The minimum Gasteiger partial charge on any atom is -0.384 e. The summed E-state index contributed by atoms with van der Waals surface area (Å²) in [6.07, 6.45) is 0.166. The highest BCUT2D eigenvalue weighted by molar-refractivity contribution is 5.76. The summed E-state index contributed by atoms with van der Waals surface area (Å²) in [5.41, 5.74) is 7.44. The second kappa shape index (κ2) is 4.27. The quantitative estimate of drug-likeness (QED) is 0.737. The Balaban J connectivity index is 2.10. The second-order valence-corrected chi connectivity index (χ2v) is 4.10. The summed E-state index contributed by atoms with van der Waals surface area (Å²) >= 11 is 0. The third-order valence-corrected chi connectivity index (χ3v) is 2.81. The number of halogens is 2. The lowest BCUT2D eigenvalue weighted by Crippen LogP contribution is -1.99. The van der Waals surface area contributed by atoms with E-state index in [0.717, 1.165) is 6.07 Å². The molecule has 3 aromatic rings. The largest absolute Gasteiger partial charge is 0.384 e. The molecule has 0 radical (unpaired) electrons. The van der Waals surface area contributed by atoms with Gasteiger partial charge in [0, 0.05) is 6.42 Å². The van der Waals surface area contributed by atoms with Gasteiger partial charge in [-0.3, -0.25) is 0 Å².